The first-order valence-electron chi connectivity index (χ1n) is 7.28. The molecule has 0 saturated carbocycles. The number of benzene rings is 3. The van der Waals surface area contributed by atoms with Crippen LogP contribution in [0.3, 0.4) is 0 Å². The summed E-state index contributed by atoms with van der Waals surface area (Å²) in [4.78, 5) is 22.5. The molecule has 0 spiro atoms. The lowest BCUT2D eigenvalue weighted by Gasteiger charge is -2.09. The second-order valence-electron chi connectivity index (χ2n) is 5.36. The van der Waals surface area contributed by atoms with Crippen molar-refractivity contribution in [1.82, 2.24) is 0 Å². The van der Waals surface area contributed by atoms with Crippen LogP contribution in [0.25, 0.3) is 10.8 Å². The number of phenols is 1. The Morgan fingerprint density at radius 3 is 2.67 bits per heavy atom. The number of nitrogens with zero attached hydrogens (tertiary/aromatic N) is 1. The standard InChI is InChI=1S/C18H14N2O4/c21-16-8-12-4-1-2-7-17(12)13(9-16)10-18(22)19-14-5-3-6-15(11-14)20(23)24/h1-9,11,21H,10H2,(H,19,22). The summed E-state index contributed by atoms with van der Waals surface area (Å²) in [6, 6.07) is 16.4. The molecule has 1 amide bonds. The number of anilines is 1. The van der Waals surface area contributed by atoms with Gasteiger partial charge in [0, 0.05) is 17.8 Å². The Bertz CT molecular complexity index is 937. The van der Waals surface area contributed by atoms with Crippen molar-refractivity contribution in [3.63, 3.8) is 0 Å². The van der Waals surface area contributed by atoms with Crippen molar-refractivity contribution in [2.45, 2.75) is 6.42 Å². The fraction of sp³-hybridized carbons (Fsp3) is 0.0556. The van der Waals surface area contributed by atoms with E-state index in [0.717, 1.165) is 10.8 Å². The maximum atomic E-state index is 12.3. The van der Waals surface area contributed by atoms with Crippen LogP contribution in [0.1, 0.15) is 5.56 Å². The summed E-state index contributed by atoms with van der Waals surface area (Å²) in [5, 5.41) is 25.0. The van der Waals surface area contributed by atoms with Crippen LogP contribution in [0.4, 0.5) is 11.4 Å². The molecule has 3 rings (SSSR count). The summed E-state index contributed by atoms with van der Waals surface area (Å²) in [7, 11) is 0. The van der Waals surface area contributed by atoms with E-state index < -0.39 is 4.92 Å². The number of non-ortho nitro benzene ring substituents is 1. The molecule has 0 aromatic heterocycles. The van der Waals surface area contributed by atoms with Gasteiger partial charge in [0.2, 0.25) is 5.91 Å². The summed E-state index contributed by atoms with van der Waals surface area (Å²) in [5.41, 5.74) is 0.961. The third-order valence-corrected chi connectivity index (χ3v) is 3.62. The molecule has 0 heterocycles. The highest BCUT2D eigenvalue weighted by molar-refractivity contribution is 5.96. The molecule has 0 atom stereocenters. The molecule has 6 heteroatoms. The monoisotopic (exact) mass is 322 g/mol. The summed E-state index contributed by atoms with van der Waals surface area (Å²) in [5.74, 6) is -0.224. The highest BCUT2D eigenvalue weighted by Gasteiger charge is 2.11. The molecule has 0 unspecified atom stereocenters. The summed E-state index contributed by atoms with van der Waals surface area (Å²) in [6.45, 7) is 0. The van der Waals surface area contributed by atoms with E-state index in [-0.39, 0.29) is 23.8 Å². The number of nitrogens with one attached hydrogen (secondary N) is 1. The number of hydrogen-bond acceptors (Lipinski definition) is 4. The minimum Gasteiger partial charge on any atom is -0.508 e. The minimum absolute atomic E-state index is 0.0532. The lowest BCUT2D eigenvalue weighted by atomic mass is 10.0. The van der Waals surface area contributed by atoms with Crippen molar-refractivity contribution in [1.29, 1.82) is 0 Å². The van der Waals surface area contributed by atoms with Crippen LogP contribution in [-0.4, -0.2) is 15.9 Å². The fourth-order valence-electron chi connectivity index (χ4n) is 2.59. The lowest BCUT2D eigenvalue weighted by Crippen LogP contribution is -2.14. The smallest absolute Gasteiger partial charge is 0.271 e. The Hall–Kier alpha value is -3.41. The zero-order valence-electron chi connectivity index (χ0n) is 12.6. The van der Waals surface area contributed by atoms with Crippen molar-refractivity contribution < 1.29 is 14.8 Å². The molecule has 3 aromatic rings. The molecule has 0 saturated heterocycles. The number of phenolic OH excluding ortho intramolecular Hbond substituents is 1. The number of carbonyl (C=O) groups excluding carboxylic acids is 1. The number of rotatable bonds is 4. The molecule has 0 aliphatic rings. The molecule has 0 aliphatic heterocycles. The van der Waals surface area contributed by atoms with E-state index in [1.165, 1.54) is 18.2 Å². The van der Waals surface area contributed by atoms with E-state index in [1.807, 2.05) is 24.3 Å². The van der Waals surface area contributed by atoms with Crippen molar-refractivity contribution >= 4 is 28.1 Å². The third kappa shape index (κ3) is 3.33. The van der Waals surface area contributed by atoms with Crippen molar-refractivity contribution in [3.8, 4) is 5.75 Å². The van der Waals surface area contributed by atoms with Crippen LogP contribution in [0.2, 0.25) is 0 Å². The Labute approximate surface area is 137 Å². The average molecular weight is 322 g/mol. The van der Waals surface area contributed by atoms with Gasteiger partial charge in [-0.05, 0) is 34.5 Å². The van der Waals surface area contributed by atoms with Gasteiger partial charge in [0.15, 0.2) is 0 Å². The van der Waals surface area contributed by atoms with E-state index >= 15 is 0 Å². The first kappa shape index (κ1) is 15.5. The molecule has 0 aliphatic carbocycles. The number of amides is 1. The minimum atomic E-state index is -0.515. The zero-order chi connectivity index (χ0) is 17.1. The van der Waals surface area contributed by atoms with E-state index in [1.54, 1.807) is 18.2 Å². The molecule has 0 bridgehead atoms. The van der Waals surface area contributed by atoms with Crippen LogP contribution in [-0.2, 0) is 11.2 Å². The van der Waals surface area contributed by atoms with Crippen LogP contribution in [0.15, 0.2) is 60.7 Å². The van der Waals surface area contributed by atoms with Gasteiger partial charge in [-0.2, -0.15) is 0 Å². The van der Waals surface area contributed by atoms with Gasteiger partial charge in [-0.3, -0.25) is 14.9 Å². The number of aromatic hydroxyl groups is 1. The molecule has 6 nitrogen and oxygen atoms in total. The Morgan fingerprint density at radius 2 is 1.88 bits per heavy atom. The molecule has 0 radical (unpaired) electrons. The van der Waals surface area contributed by atoms with Gasteiger partial charge in [0.05, 0.1) is 11.3 Å². The number of nitro benzene ring substituents is 1. The lowest BCUT2D eigenvalue weighted by molar-refractivity contribution is -0.384. The maximum Gasteiger partial charge on any atom is 0.271 e. The Morgan fingerprint density at radius 1 is 1.08 bits per heavy atom. The van der Waals surface area contributed by atoms with Crippen LogP contribution < -0.4 is 5.32 Å². The van der Waals surface area contributed by atoms with Crippen molar-refractivity contribution in [3.05, 3.63) is 76.3 Å². The predicted octanol–water partition coefficient (Wildman–Crippen LogP) is 3.63. The van der Waals surface area contributed by atoms with Crippen molar-refractivity contribution in [2.75, 3.05) is 5.32 Å². The van der Waals surface area contributed by atoms with E-state index in [4.69, 9.17) is 0 Å². The summed E-state index contributed by atoms with van der Waals surface area (Å²) >= 11 is 0. The van der Waals surface area contributed by atoms with Crippen molar-refractivity contribution in [2.24, 2.45) is 0 Å². The molecule has 2 N–H and O–H groups in total. The average Bonchev–Trinajstić information content (AvgIpc) is 2.54. The molecule has 24 heavy (non-hydrogen) atoms. The second kappa shape index (κ2) is 6.37. The SMILES string of the molecule is O=C(Cc1cc(O)cc2ccccc12)Nc1cccc([N+](=O)[O-])c1. The summed E-state index contributed by atoms with van der Waals surface area (Å²) in [6.07, 6.45) is 0.0532. The van der Waals surface area contributed by atoms with Crippen LogP contribution in [0.5, 0.6) is 5.75 Å². The number of nitro groups is 1. The highest BCUT2D eigenvalue weighted by Crippen LogP contribution is 2.25. The topological polar surface area (TPSA) is 92.5 Å². The Kier molecular flexibility index (Phi) is 4.11. The molecule has 120 valence electrons. The largest absolute Gasteiger partial charge is 0.508 e. The fourth-order valence-corrected chi connectivity index (χ4v) is 2.59. The number of carbonyl (C=O) groups is 1. The van der Waals surface area contributed by atoms with Crippen LogP contribution >= 0.6 is 0 Å². The normalized spacial score (nSPS) is 10.5. The molecule has 3 aromatic carbocycles. The van der Waals surface area contributed by atoms with E-state index in [0.29, 0.717) is 11.3 Å². The van der Waals surface area contributed by atoms with Gasteiger partial charge in [0.25, 0.3) is 5.69 Å². The van der Waals surface area contributed by atoms with Gasteiger partial charge in [-0.25, -0.2) is 0 Å². The quantitative estimate of drug-likeness (QED) is 0.566. The molecular formula is C18H14N2O4. The zero-order valence-corrected chi connectivity index (χ0v) is 12.6. The van der Waals surface area contributed by atoms with Crippen LogP contribution in [0, 0.1) is 10.1 Å². The first-order chi connectivity index (χ1) is 11.5. The predicted molar refractivity (Wildman–Crippen MR) is 91.0 cm³/mol. The van der Waals surface area contributed by atoms with Gasteiger partial charge >= 0.3 is 0 Å². The maximum absolute atomic E-state index is 12.3. The number of fused-ring (bicyclic) bond motifs is 1. The number of hydrogen-bond donors (Lipinski definition) is 2. The second-order valence-corrected chi connectivity index (χ2v) is 5.36. The van der Waals surface area contributed by atoms with Gasteiger partial charge in [0.1, 0.15) is 5.75 Å². The van der Waals surface area contributed by atoms with Gasteiger partial charge in [-0.15, -0.1) is 0 Å². The third-order valence-electron chi connectivity index (χ3n) is 3.62. The molecular weight excluding hydrogens is 308 g/mol. The van der Waals surface area contributed by atoms with Gasteiger partial charge < -0.3 is 10.4 Å². The Balaban J connectivity index is 1.83. The van der Waals surface area contributed by atoms with E-state index in [9.17, 15) is 20.0 Å². The van der Waals surface area contributed by atoms with E-state index in [2.05, 4.69) is 5.32 Å². The highest BCUT2D eigenvalue weighted by atomic mass is 16.6. The van der Waals surface area contributed by atoms with Gasteiger partial charge in [-0.1, -0.05) is 30.3 Å². The first-order valence-corrected chi connectivity index (χ1v) is 7.28. The molecule has 0 fully saturated rings. The summed E-state index contributed by atoms with van der Waals surface area (Å²) < 4.78 is 0.